The first kappa shape index (κ1) is 55.7. The van der Waals surface area contributed by atoms with Gasteiger partial charge in [-0.3, -0.25) is 24.0 Å². The summed E-state index contributed by atoms with van der Waals surface area (Å²) < 4.78 is 24.6. The summed E-state index contributed by atoms with van der Waals surface area (Å²) in [6.07, 6.45) is 7.50. The number of aliphatic hydroxyl groups is 2. The molecule has 4 fully saturated rings. The second kappa shape index (κ2) is 22.5. The topological polar surface area (TPSA) is 204 Å². The van der Waals surface area contributed by atoms with Gasteiger partial charge >= 0.3 is 12.1 Å². The number of esters is 1. The highest BCUT2D eigenvalue weighted by Gasteiger charge is 2.76. The van der Waals surface area contributed by atoms with E-state index in [9.17, 15) is 39.0 Å². The summed E-state index contributed by atoms with van der Waals surface area (Å²) in [6, 6.07) is 31.4. The van der Waals surface area contributed by atoms with Gasteiger partial charge < -0.3 is 39.8 Å². The molecular formula is C65H74N2O12. The maximum atomic E-state index is 14.1. The van der Waals surface area contributed by atoms with Crippen molar-refractivity contribution < 1.29 is 57.9 Å². The molecule has 4 N–H and O–H groups in total. The molecule has 416 valence electrons. The molecule has 1 heterocycles. The summed E-state index contributed by atoms with van der Waals surface area (Å²) in [5.41, 5.74) is 5.25. The number of carbonyl (C=O) groups excluding carboxylic acids is 6. The van der Waals surface area contributed by atoms with Gasteiger partial charge in [0.2, 0.25) is 5.91 Å². The highest BCUT2D eigenvalue weighted by molar-refractivity contribution is 6.01. The Bertz CT molecular complexity index is 3020. The average molecular weight is 1080 g/mol. The maximum Gasteiger partial charge on any atom is 0.407 e. The smallest absolute Gasteiger partial charge is 0.407 e. The molecule has 14 heteroatoms. The Hall–Kier alpha value is -6.58. The number of carbonyl (C=O) groups is 6. The fourth-order valence-corrected chi connectivity index (χ4v) is 14.6. The highest BCUT2D eigenvalue weighted by atomic mass is 16.7. The molecule has 0 unspecified atom stereocenters. The zero-order valence-corrected chi connectivity index (χ0v) is 46.0. The summed E-state index contributed by atoms with van der Waals surface area (Å²) in [4.78, 5) is 79.4. The fraction of sp³-hybridized carbons (Fsp3) is 0.477. The van der Waals surface area contributed by atoms with Crippen LogP contribution in [0.4, 0.5) is 10.5 Å². The normalized spacial score (nSPS) is 27.7. The summed E-state index contributed by atoms with van der Waals surface area (Å²) >= 11 is 0. The van der Waals surface area contributed by atoms with Gasteiger partial charge in [0, 0.05) is 52.7 Å². The van der Waals surface area contributed by atoms with Crippen LogP contribution in [0.25, 0.3) is 11.1 Å². The van der Waals surface area contributed by atoms with Crippen molar-refractivity contribution in [3.8, 4) is 11.1 Å². The Balaban J connectivity index is 0.760. The largest absolute Gasteiger partial charge is 0.460 e. The number of amides is 2. The number of anilines is 1. The van der Waals surface area contributed by atoms with Crippen LogP contribution in [-0.4, -0.2) is 88.7 Å². The van der Waals surface area contributed by atoms with Gasteiger partial charge in [-0.25, -0.2) is 4.79 Å². The molecule has 0 spiro atoms. The highest BCUT2D eigenvalue weighted by Crippen LogP contribution is 2.70. The minimum absolute atomic E-state index is 0.0171. The Morgan fingerprint density at radius 1 is 0.873 bits per heavy atom. The predicted molar refractivity (Wildman–Crippen MR) is 296 cm³/mol. The Morgan fingerprint density at radius 2 is 1.59 bits per heavy atom. The number of fused-ring (bicyclic) bond motifs is 10. The van der Waals surface area contributed by atoms with Crippen molar-refractivity contribution in [2.45, 2.75) is 141 Å². The molecule has 0 bridgehead atoms. The fourth-order valence-electron chi connectivity index (χ4n) is 14.6. The summed E-state index contributed by atoms with van der Waals surface area (Å²) in [5.74, 6) is -2.36. The molecule has 4 aromatic rings. The molecule has 14 nitrogen and oxygen atoms in total. The minimum atomic E-state index is -1.46. The second-order valence-corrected chi connectivity index (χ2v) is 24.3. The average Bonchev–Trinajstić information content (AvgIpc) is 2.43. The van der Waals surface area contributed by atoms with Gasteiger partial charge in [-0.1, -0.05) is 123 Å². The van der Waals surface area contributed by atoms with Crippen molar-refractivity contribution in [2.75, 3.05) is 25.1 Å². The predicted octanol–water partition coefficient (Wildman–Crippen LogP) is 10.2. The van der Waals surface area contributed by atoms with Crippen LogP contribution in [0, 0.1) is 34.5 Å². The quantitative estimate of drug-likeness (QED) is 0.0512. The number of Topliss-reactive ketones (excluding diaryl/α,β-unsaturated/α-hetero) is 2. The van der Waals surface area contributed by atoms with Crippen LogP contribution in [-0.2, 0) is 49.3 Å². The first-order valence-corrected chi connectivity index (χ1v) is 28.2. The first-order chi connectivity index (χ1) is 37.8. The second-order valence-electron chi connectivity index (χ2n) is 24.3. The molecular weight excluding hydrogens is 1000 g/mol. The number of benzene rings is 4. The van der Waals surface area contributed by atoms with E-state index in [2.05, 4.69) is 29.7 Å². The maximum absolute atomic E-state index is 14.1. The van der Waals surface area contributed by atoms with Crippen molar-refractivity contribution in [3.05, 3.63) is 149 Å². The number of ketones is 3. The number of allylic oxidation sites excluding steroid dienone is 4. The number of nitrogens with one attached hydrogen (secondary N) is 2. The van der Waals surface area contributed by atoms with Gasteiger partial charge in [0.25, 0.3) is 0 Å². The number of alkyl carbamates (subject to hydrolysis) is 1. The van der Waals surface area contributed by atoms with Crippen molar-refractivity contribution in [1.82, 2.24) is 5.32 Å². The van der Waals surface area contributed by atoms with E-state index in [0.29, 0.717) is 50.6 Å². The lowest BCUT2D eigenvalue weighted by molar-refractivity contribution is -0.201. The van der Waals surface area contributed by atoms with Gasteiger partial charge in [-0.15, -0.1) is 0 Å². The molecule has 0 aromatic heterocycles. The third kappa shape index (κ3) is 11.1. The zero-order valence-electron chi connectivity index (χ0n) is 46.0. The molecule has 2 amide bonds. The number of hydrogen-bond donors (Lipinski definition) is 4. The third-order valence-corrected chi connectivity index (χ3v) is 18.1. The van der Waals surface area contributed by atoms with E-state index < -0.39 is 64.9 Å². The van der Waals surface area contributed by atoms with Crippen LogP contribution in [0.1, 0.15) is 139 Å². The van der Waals surface area contributed by atoms with E-state index >= 15 is 0 Å². The van der Waals surface area contributed by atoms with E-state index in [1.807, 2.05) is 113 Å². The summed E-state index contributed by atoms with van der Waals surface area (Å²) in [6.45, 7) is 8.69. The molecule has 4 aromatic carbocycles. The molecule has 3 saturated carbocycles. The molecule has 1 saturated heterocycles. The lowest BCUT2D eigenvalue weighted by atomic mass is 9.46. The van der Waals surface area contributed by atoms with Gasteiger partial charge in [-0.05, 0) is 135 Å². The number of ether oxygens (including phenoxy) is 4. The Labute approximate surface area is 462 Å². The van der Waals surface area contributed by atoms with Crippen LogP contribution >= 0.6 is 0 Å². The van der Waals surface area contributed by atoms with Crippen molar-refractivity contribution in [3.63, 3.8) is 0 Å². The Kier molecular flexibility index (Phi) is 15.9. The number of unbranched alkanes of at least 4 members (excludes halogenated alkanes) is 2. The molecule has 10 atom stereocenters. The van der Waals surface area contributed by atoms with Crippen molar-refractivity contribution >= 4 is 41.0 Å². The zero-order chi connectivity index (χ0) is 55.9. The van der Waals surface area contributed by atoms with Crippen molar-refractivity contribution in [2.24, 2.45) is 34.5 Å². The molecule has 6 aliphatic rings. The molecule has 79 heavy (non-hydrogen) atoms. The van der Waals surface area contributed by atoms with Gasteiger partial charge in [0.1, 0.15) is 18.8 Å². The van der Waals surface area contributed by atoms with Gasteiger partial charge in [-0.2, -0.15) is 0 Å². The summed E-state index contributed by atoms with van der Waals surface area (Å²) in [7, 11) is 0. The summed E-state index contributed by atoms with van der Waals surface area (Å²) in [5, 5.41) is 28.2. The lowest BCUT2D eigenvalue weighted by Crippen LogP contribution is -2.63. The van der Waals surface area contributed by atoms with Crippen LogP contribution in [0.3, 0.4) is 0 Å². The van der Waals surface area contributed by atoms with Gasteiger partial charge in [0.05, 0.1) is 18.8 Å². The first-order valence-electron chi connectivity index (χ1n) is 28.2. The SMILES string of the molecule is CC(C)(C)OC(=O)CCCCC[C@H](CC(=O)CNC(=O)OCC1c2ccccc2-c2ccccc21)C(=O)Nc1cccc(Cc2ccc([C@@H]3O[C@@H]4C[C@H]5[C@@H]6CCC7=CC(=O)C=C[C@]7(C)[C@H]6[C@@H](O)C[C@]5(C)[C@]4(C(=O)CO)O3)cc2)c1. The molecule has 0 radical (unpaired) electrons. The van der Waals surface area contributed by atoms with E-state index in [-0.39, 0.29) is 73.1 Å². The number of hydrogen-bond acceptors (Lipinski definition) is 12. The number of aliphatic hydroxyl groups excluding tert-OH is 2. The molecule has 1 aliphatic heterocycles. The van der Waals surface area contributed by atoms with Crippen LogP contribution < -0.4 is 10.6 Å². The van der Waals surface area contributed by atoms with E-state index in [4.69, 9.17) is 18.9 Å². The van der Waals surface area contributed by atoms with Gasteiger partial charge in [0.15, 0.2) is 29.2 Å². The van der Waals surface area contributed by atoms with E-state index in [0.717, 1.165) is 57.4 Å². The Morgan fingerprint density at radius 3 is 2.30 bits per heavy atom. The van der Waals surface area contributed by atoms with E-state index in [1.54, 1.807) is 18.2 Å². The third-order valence-electron chi connectivity index (χ3n) is 18.1. The monoisotopic (exact) mass is 1070 g/mol. The van der Waals surface area contributed by atoms with Crippen LogP contribution in [0.2, 0.25) is 0 Å². The lowest BCUT2D eigenvalue weighted by Gasteiger charge is -2.59. The van der Waals surface area contributed by atoms with E-state index in [1.165, 1.54) is 0 Å². The van der Waals surface area contributed by atoms with Crippen LogP contribution in [0.5, 0.6) is 0 Å². The molecule has 10 rings (SSSR count). The minimum Gasteiger partial charge on any atom is -0.460 e. The molecule has 5 aliphatic carbocycles. The standard InChI is InChI=1S/C65H74N2O12/c1-62(2,3)78-57(73)21-8-6-7-15-42(32-46(70)36-66-61(75)76-38-52-49-19-11-9-17-47(49)48-18-10-12-20-50(48)52)59(74)67-44-16-13-14-40(31-44)30-39-22-24-41(25-23-39)60-77-56-34-53-51-27-26-43-33-45(69)28-29-63(43,4)58(51)54(71)35-64(53,5)65(56,79-60)55(72)37-68/h9-14,16-20,22-25,28-29,31,33,42,51-54,56,58,60,68,71H,6-8,15,21,26-27,30,32,34-38H2,1-5H3,(H,66,75)(H,67,74)/t42-,51+,53+,54+,56-,58-,60-,63+,64+,65-/m1/s1. The van der Waals surface area contributed by atoms with Crippen molar-refractivity contribution in [1.29, 1.82) is 0 Å². The van der Waals surface area contributed by atoms with Crippen LogP contribution in [0.15, 0.2) is 121 Å². The number of rotatable bonds is 19.